The van der Waals surface area contributed by atoms with Crippen molar-refractivity contribution in [3.8, 4) is 11.5 Å². The summed E-state index contributed by atoms with van der Waals surface area (Å²) in [6.07, 6.45) is -9.20. The lowest BCUT2D eigenvalue weighted by atomic mass is 9.49. The number of aromatic nitrogens is 1. The van der Waals surface area contributed by atoms with Gasteiger partial charge in [0.1, 0.15) is 11.5 Å². The van der Waals surface area contributed by atoms with E-state index in [2.05, 4.69) is 15.1 Å². The Kier molecular flexibility index (Phi) is 10.9. The van der Waals surface area contributed by atoms with Crippen LogP contribution >= 0.6 is 23.2 Å². The lowest BCUT2D eigenvalue weighted by Crippen LogP contribution is -2.53. The highest BCUT2D eigenvalue weighted by molar-refractivity contribution is 6.33. The Labute approximate surface area is 376 Å². The van der Waals surface area contributed by atoms with Crippen LogP contribution in [0, 0.1) is 43.9 Å². The van der Waals surface area contributed by atoms with Gasteiger partial charge < -0.3 is 14.7 Å². The van der Waals surface area contributed by atoms with Crippen LogP contribution in [0.15, 0.2) is 78.5 Å². The summed E-state index contributed by atoms with van der Waals surface area (Å²) >= 11 is 12.4. The van der Waals surface area contributed by atoms with E-state index in [1.54, 1.807) is 0 Å². The van der Waals surface area contributed by atoms with Crippen LogP contribution in [-0.4, -0.2) is 69.0 Å². The van der Waals surface area contributed by atoms with Crippen molar-refractivity contribution in [3.05, 3.63) is 125 Å². The van der Waals surface area contributed by atoms with Gasteiger partial charge in [-0.15, -0.1) is 13.2 Å². The van der Waals surface area contributed by atoms with E-state index in [0.717, 1.165) is 35.2 Å². The molecular formula is C41H29Cl2F6N7O10. The van der Waals surface area contributed by atoms with Gasteiger partial charge in [-0.3, -0.25) is 44.8 Å². The number of rotatable bonds is 9. The van der Waals surface area contributed by atoms with Crippen LogP contribution in [0.25, 0.3) is 0 Å². The molecule has 4 aromatic rings. The number of benzene rings is 3. The second-order valence-corrected chi connectivity index (χ2v) is 16.8. The first-order chi connectivity index (χ1) is 30.9. The quantitative estimate of drug-likeness (QED) is 0.0534. The van der Waals surface area contributed by atoms with Crippen LogP contribution in [0.2, 0.25) is 10.0 Å². The number of anilines is 3. The number of alkyl halides is 6. The fourth-order valence-corrected chi connectivity index (χ4v) is 10.1. The van der Waals surface area contributed by atoms with Gasteiger partial charge in [-0.2, -0.15) is 18.2 Å². The summed E-state index contributed by atoms with van der Waals surface area (Å²) in [7, 11) is 2.60. The highest BCUT2D eigenvalue weighted by Gasteiger charge is 2.71. The van der Waals surface area contributed by atoms with Crippen molar-refractivity contribution < 1.29 is 65.2 Å². The van der Waals surface area contributed by atoms with Gasteiger partial charge in [0.05, 0.1) is 49.3 Å². The number of nitro benzene ring substituents is 2. The smallest absolute Gasteiger partial charge is 0.508 e. The van der Waals surface area contributed by atoms with Crippen molar-refractivity contribution in [1.82, 2.24) is 9.99 Å². The number of phenolic OH excluding ortho intramolecular Hbond substituents is 1. The molecule has 8 rings (SSSR count). The van der Waals surface area contributed by atoms with Crippen molar-refractivity contribution in [2.24, 2.45) is 23.7 Å². The predicted octanol–water partition coefficient (Wildman–Crippen LogP) is 8.08. The Bertz CT molecular complexity index is 2790. The van der Waals surface area contributed by atoms with Crippen molar-refractivity contribution in [2.45, 2.75) is 36.7 Å². The minimum atomic E-state index is -5.28. The standard InChI is InChI=1S/C41H29Cl2F6N7O10/c1-52(2)33-28(55(62)63)12-20(13-29(33)56(64)65)53-35(58)23-9-8-22-24(31(23)37(53)60)15-26-36(59)54(51-34-27(43)11-18(16-50-34)40(44,45)46)38(61)39(26,17-3-5-19(42)6-4-17)32(22)25-14-21(7-10-30(25)57)66-41(47,48)49/h3-8,10-14,16,23-24,26,31-32,57H,9,15H2,1-2H3,(H,50,51). The molecule has 2 aliphatic heterocycles. The van der Waals surface area contributed by atoms with Gasteiger partial charge in [0, 0.05) is 48.9 Å². The first-order valence-electron chi connectivity index (χ1n) is 19.3. The Balaban J connectivity index is 1.33. The summed E-state index contributed by atoms with van der Waals surface area (Å²) in [5, 5.41) is 35.9. The van der Waals surface area contributed by atoms with Crippen LogP contribution < -0.4 is 20.0 Å². The zero-order valence-corrected chi connectivity index (χ0v) is 35.1. The number of aromatic hydroxyl groups is 1. The zero-order valence-electron chi connectivity index (χ0n) is 33.6. The van der Waals surface area contributed by atoms with Gasteiger partial charge in [-0.25, -0.2) is 9.88 Å². The fraction of sp³-hybridized carbons (Fsp3) is 0.293. The molecule has 1 aromatic heterocycles. The van der Waals surface area contributed by atoms with Crippen LogP contribution in [0.3, 0.4) is 0 Å². The number of nitrogens with zero attached hydrogens (tertiary/aromatic N) is 6. The van der Waals surface area contributed by atoms with Gasteiger partial charge in [0.15, 0.2) is 11.5 Å². The average Bonchev–Trinajstić information content (AvgIpc) is 3.61. The average molecular weight is 965 g/mol. The number of amides is 4. The molecular weight excluding hydrogens is 935 g/mol. The van der Waals surface area contributed by atoms with Gasteiger partial charge >= 0.3 is 23.9 Å². The first-order valence-corrected chi connectivity index (χ1v) is 20.1. The Morgan fingerprint density at radius 1 is 0.894 bits per heavy atom. The zero-order chi connectivity index (χ0) is 48.1. The number of hydrazine groups is 1. The number of carbonyl (C=O) groups is 4. The third-order valence-electron chi connectivity index (χ3n) is 12.3. The minimum absolute atomic E-state index is 0.00454. The van der Waals surface area contributed by atoms with Crippen LogP contribution in [-0.2, 0) is 30.8 Å². The lowest BCUT2D eigenvalue weighted by molar-refractivity contribution is -0.392. The number of hydrogen-bond donors (Lipinski definition) is 2. The monoisotopic (exact) mass is 963 g/mol. The molecule has 17 nitrogen and oxygen atoms in total. The van der Waals surface area contributed by atoms with Gasteiger partial charge in [0.2, 0.25) is 11.8 Å². The summed E-state index contributed by atoms with van der Waals surface area (Å²) in [6, 6.07) is 9.82. The SMILES string of the molecule is CN(C)c1c([N+](=O)[O-])cc(N2C(=O)C3CC=C4C(CC5C(=O)N(Nc6ncc(C(F)(F)F)cc6Cl)C(=O)C5(c5ccc(Cl)cc5)C4c4cc(OC(F)(F)F)ccc4O)C3C2=O)cc1[N+](=O)[O-]. The number of ether oxygens (including phenoxy) is 1. The highest BCUT2D eigenvalue weighted by atomic mass is 35.5. The molecule has 2 saturated heterocycles. The van der Waals surface area contributed by atoms with E-state index in [1.807, 2.05) is 0 Å². The third-order valence-corrected chi connectivity index (χ3v) is 12.8. The van der Waals surface area contributed by atoms with Crippen molar-refractivity contribution in [3.63, 3.8) is 0 Å². The summed E-state index contributed by atoms with van der Waals surface area (Å²) in [5.74, 6) is -13.9. The van der Waals surface area contributed by atoms with E-state index in [-0.39, 0.29) is 22.6 Å². The maximum absolute atomic E-state index is 15.4. The molecule has 66 heavy (non-hydrogen) atoms. The van der Waals surface area contributed by atoms with Gasteiger partial charge in [-0.05, 0) is 60.7 Å². The molecule has 2 aliphatic carbocycles. The van der Waals surface area contributed by atoms with E-state index in [9.17, 15) is 66.1 Å². The summed E-state index contributed by atoms with van der Waals surface area (Å²) in [4.78, 5) is 87.5. The molecule has 4 amide bonds. The molecule has 0 spiro atoms. The normalized spacial score (nSPS) is 23.8. The molecule has 3 fully saturated rings. The number of carbonyl (C=O) groups excluding carboxylic acids is 4. The molecule has 25 heteroatoms. The molecule has 0 bridgehead atoms. The molecule has 0 radical (unpaired) electrons. The predicted molar refractivity (Wildman–Crippen MR) is 218 cm³/mol. The topological polar surface area (TPSA) is 219 Å². The van der Waals surface area contributed by atoms with E-state index in [4.69, 9.17) is 23.2 Å². The van der Waals surface area contributed by atoms with E-state index in [0.29, 0.717) is 22.2 Å². The first kappa shape index (κ1) is 45.6. The van der Waals surface area contributed by atoms with E-state index < -0.39 is 144 Å². The van der Waals surface area contributed by atoms with Crippen LogP contribution in [0.5, 0.6) is 11.5 Å². The van der Waals surface area contributed by atoms with Gasteiger partial charge in [-0.1, -0.05) is 47.0 Å². The summed E-state index contributed by atoms with van der Waals surface area (Å²) in [5.41, 5.74) is -4.20. The maximum Gasteiger partial charge on any atom is 0.573 e. The molecule has 6 atom stereocenters. The van der Waals surface area contributed by atoms with Crippen LogP contribution in [0.1, 0.15) is 35.4 Å². The largest absolute Gasteiger partial charge is 0.573 e. The fourth-order valence-electron chi connectivity index (χ4n) is 9.80. The number of allylic oxidation sites excluding steroid dienone is 2. The van der Waals surface area contributed by atoms with Gasteiger partial charge in [0.25, 0.3) is 11.8 Å². The number of nitro groups is 2. The molecule has 6 unspecified atom stereocenters. The minimum Gasteiger partial charge on any atom is -0.508 e. The lowest BCUT2D eigenvalue weighted by Gasteiger charge is -2.50. The number of nitrogens with one attached hydrogen (secondary N) is 1. The molecule has 2 N–H and O–H groups in total. The molecule has 3 aromatic carbocycles. The Morgan fingerprint density at radius 3 is 2.09 bits per heavy atom. The van der Waals surface area contributed by atoms with Crippen LogP contribution in [0.4, 0.5) is 54.9 Å². The van der Waals surface area contributed by atoms with E-state index in [1.165, 1.54) is 44.4 Å². The number of phenols is 1. The summed E-state index contributed by atoms with van der Waals surface area (Å²) in [6.45, 7) is 0. The van der Waals surface area contributed by atoms with E-state index >= 15 is 4.79 Å². The maximum atomic E-state index is 15.4. The molecule has 344 valence electrons. The van der Waals surface area contributed by atoms with Crippen molar-refractivity contribution in [1.29, 1.82) is 0 Å². The number of hydrogen-bond acceptors (Lipinski definition) is 13. The Morgan fingerprint density at radius 2 is 1.53 bits per heavy atom. The second-order valence-electron chi connectivity index (χ2n) is 15.9. The third kappa shape index (κ3) is 7.25. The Hall–Kier alpha value is -7.01. The molecule has 4 aliphatic rings. The number of fused-ring (bicyclic) bond motifs is 4. The molecule has 3 heterocycles. The highest BCUT2D eigenvalue weighted by Crippen LogP contribution is 2.65. The summed E-state index contributed by atoms with van der Waals surface area (Å²) < 4.78 is 86.0. The number of pyridine rings is 1. The number of halogens is 8. The van der Waals surface area contributed by atoms with Crippen molar-refractivity contribution >= 4 is 75.4 Å². The van der Waals surface area contributed by atoms with Crippen molar-refractivity contribution in [2.75, 3.05) is 29.3 Å². The second kappa shape index (κ2) is 15.9. The number of imide groups is 2. The molecule has 1 saturated carbocycles.